The Morgan fingerprint density at radius 3 is 2.61 bits per heavy atom. The molecule has 0 aliphatic rings. The average Bonchev–Trinajstić information content (AvgIpc) is 3.24. The Hall–Kier alpha value is -2.78. The molecular formula is C22H30FN3O5. The summed E-state index contributed by atoms with van der Waals surface area (Å²) in [6, 6.07) is 5.51. The summed E-state index contributed by atoms with van der Waals surface area (Å²) in [6.45, 7) is 6.97. The first-order valence-corrected chi connectivity index (χ1v) is 10.5. The van der Waals surface area contributed by atoms with Crippen molar-refractivity contribution in [3.8, 4) is 0 Å². The van der Waals surface area contributed by atoms with E-state index in [-0.39, 0.29) is 35.5 Å². The molecule has 9 heteroatoms. The summed E-state index contributed by atoms with van der Waals surface area (Å²) in [5.41, 5.74) is 0.370. The maximum absolute atomic E-state index is 13.6. The molecule has 0 spiro atoms. The topological polar surface area (TPSA) is 93.9 Å². The Labute approximate surface area is 181 Å². The third-order valence-corrected chi connectivity index (χ3v) is 4.35. The molecule has 0 unspecified atom stereocenters. The molecule has 2 rings (SSSR count). The van der Waals surface area contributed by atoms with Crippen molar-refractivity contribution in [3.63, 3.8) is 0 Å². The smallest absolute Gasteiger partial charge is 0.273 e. The lowest BCUT2D eigenvalue weighted by atomic mass is 10.2. The summed E-state index contributed by atoms with van der Waals surface area (Å²) < 4.78 is 29.5. The number of ether oxygens (including phenoxy) is 2. The first-order chi connectivity index (χ1) is 15.0. The second kappa shape index (κ2) is 13.5. The molecule has 2 amide bonds. The van der Waals surface area contributed by atoms with Crippen molar-refractivity contribution in [2.75, 3.05) is 39.5 Å². The van der Waals surface area contributed by atoms with Crippen molar-refractivity contribution in [2.45, 2.75) is 33.2 Å². The maximum Gasteiger partial charge on any atom is 0.273 e. The highest BCUT2D eigenvalue weighted by Crippen LogP contribution is 2.13. The zero-order chi connectivity index (χ0) is 22.5. The molecular weight excluding hydrogens is 405 g/mol. The number of amides is 2. The summed E-state index contributed by atoms with van der Waals surface area (Å²) in [6.07, 6.45) is 2.56. The van der Waals surface area contributed by atoms with Gasteiger partial charge in [-0.25, -0.2) is 9.37 Å². The van der Waals surface area contributed by atoms with Gasteiger partial charge in [0.05, 0.1) is 6.54 Å². The molecule has 1 aromatic carbocycles. The van der Waals surface area contributed by atoms with Gasteiger partial charge in [0, 0.05) is 45.1 Å². The summed E-state index contributed by atoms with van der Waals surface area (Å²) >= 11 is 0. The van der Waals surface area contributed by atoms with E-state index in [1.807, 2.05) is 13.8 Å². The normalized spacial score (nSPS) is 10.8. The van der Waals surface area contributed by atoms with E-state index in [0.29, 0.717) is 52.4 Å². The number of benzene rings is 1. The summed E-state index contributed by atoms with van der Waals surface area (Å²) in [5.74, 6) is -0.970. The lowest BCUT2D eigenvalue weighted by molar-refractivity contribution is 0.0695. The number of halogens is 1. The first-order valence-electron chi connectivity index (χ1n) is 10.5. The summed E-state index contributed by atoms with van der Waals surface area (Å²) in [7, 11) is 0. The van der Waals surface area contributed by atoms with Crippen LogP contribution in [0.5, 0.6) is 0 Å². The minimum absolute atomic E-state index is 0.0547. The van der Waals surface area contributed by atoms with Gasteiger partial charge in [-0.2, -0.15) is 0 Å². The number of carbonyl (C=O) groups excluding carboxylic acids is 2. The molecule has 0 saturated carbocycles. The molecule has 0 radical (unpaired) electrons. The van der Waals surface area contributed by atoms with E-state index in [1.54, 1.807) is 6.07 Å². The third-order valence-electron chi connectivity index (χ3n) is 4.35. The van der Waals surface area contributed by atoms with Gasteiger partial charge in [0.1, 0.15) is 12.1 Å². The monoisotopic (exact) mass is 435 g/mol. The number of aromatic nitrogens is 1. The highest BCUT2D eigenvalue weighted by molar-refractivity contribution is 5.94. The van der Waals surface area contributed by atoms with E-state index < -0.39 is 5.82 Å². The quantitative estimate of drug-likeness (QED) is 0.459. The van der Waals surface area contributed by atoms with Gasteiger partial charge in [-0.3, -0.25) is 9.59 Å². The number of hydrogen-bond acceptors (Lipinski definition) is 6. The van der Waals surface area contributed by atoms with Gasteiger partial charge < -0.3 is 24.1 Å². The Bertz CT molecular complexity index is 827. The van der Waals surface area contributed by atoms with Crippen molar-refractivity contribution >= 4 is 11.8 Å². The molecule has 0 bridgehead atoms. The number of nitrogens with zero attached hydrogens (tertiary/aromatic N) is 2. The zero-order valence-electron chi connectivity index (χ0n) is 18.1. The molecule has 0 saturated heterocycles. The number of carbonyl (C=O) groups is 2. The van der Waals surface area contributed by atoms with Crippen LogP contribution in [0.2, 0.25) is 0 Å². The highest BCUT2D eigenvalue weighted by Gasteiger charge is 2.20. The largest absolute Gasteiger partial charge is 0.446 e. The summed E-state index contributed by atoms with van der Waals surface area (Å²) in [4.78, 5) is 30.8. The lowest BCUT2D eigenvalue weighted by Gasteiger charge is -2.21. The second-order valence-electron chi connectivity index (χ2n) is 6.72. The fourth-order valence-electron chi connectivity index (χ4n) is 2.82. The molecule has 1 N–H and O–H groups in total. The van der Waals surface area contributed by atoms with E-state index in [1.165, 1.54) is 29.4 Å². The van der Waals surface area contributed by atoms with Crippen molar-refractivity contribution in [3.05, 3.63) is 53.5 Å². The van der Waals surface area contributed by atoms with Gasteiger partial charge >= 0.3 is 0 Å². The molecule has 1 aromatic heterocycles. The van der Waals surface area contributed by atoms with Crippen LogP contribution in [-0.2, 0) is 16.0 Å². The highest BCUT2D eigenvalue weighted by atomic mass is 19.1. The van der Waals surface area contributed by atoms with Gasteiger partial charge in [0.25, 0.3) is 11.8 Å². The van der Waals surface area contributed by atoms with Crippen molar-refractivity contribution in [1.29, 1.82) is 0 Å². The fourth-order valence-corrected chi connectivity index (χ4v) is 2.82. The van der Waals surface area contributed by atoms with Gasteiger partial charge in [-0.1, -0.05) is 6.07 Å². The van der Waals surface area contributed by atoms with Gasteiger partial charge in [-0.15, -0.1) is 0 Å². The molecule has 0 aliphatic carbocycles. The van der Waals surface area contributed by atoms with Crippen LogP contribution in [0.1, 0.15) is 53.4 Å². The van der Waals surface area contributed by atoms with Crippen LogP contribution in [-0.4, -0.2) is 61.2 Å². The van der Waals surface area contributed by atoms with Gasteiger partial charge in [-0.05, 0) is 44.9 Å². The van der Waals surface area contributed by atoms with Gasteiger partial charge in [0.15, 0.2) is 5.69 Å². The minimum Gasteiger partial charge on any atom is -0.446 e. The molecule has 1 heterocycles. The maximum atomic E-state index is 13.6. The first kappa shape index (κ1) is 24.5. The molecule has 8 nitrogen and oxygen atoms in total. The predicted molar refractivity (Wildman–Crippen MR) is 112 cm³/mol. The van der Waals surface area contributed by atoms with Crippen LogP contribution in [0.3, 0.4) is 0 Å². The predicted octanol–water partition coefficient (Wildman–Crippen LogP) is 3.04. The van der Waals surface area contributed by atoms with Crippen molar-refractivity contribution in [1.82, 2.24) is 15.2 Å². The number of nitrogens with one attached hydrogen (secondary N) is 1. The van der Waals surface area contributed by atoms with Crippen LogP contribution in [0, 0.1) is 5.82 Å². The zero-order valence-corrected chi connectivity index (χ0v) is 18.1. The van der Waals surface area contributed by atoms with Crippen LogP contribution in [0.25, 0.3) is 0 Å². The molecule has 31 heavy (non-hydrogen) atoms. The third kappa shape index (κ3) is 8.47. The van der Waals surface area contributed by atoms with E-state index in [2.05, 4.69) is 10.3 Å². The average molecular weight is 435 g/mol. The molecule has 2 aromatic rings. The van der Waals surface area contributed by atoms with Crippen LogP contribution in [0.4, 0.5) is 4.39 Å². The molecule has 0 fully saturated rings. The van der Waals surface area contributed by atoms with Crippen LogP contribution in [0.15, 0.2) is 34.9 Å². The standard InChI is InChI=1S/C22H30FN3O5/c1-3-29-12-6-10-24-21(27)19-16-31-20(25-19)15-26(11-7-13-30-4-2)22(28)17-8-5-9-18(23)14-17/h5,8-9,14,16H,3-4,6-7,10-13,15H2,1-2H3,(H,24,27). The van der Waals surface area contributed by atoms with E-state index in [9.17, 15) is 14.0 Å². The molecule has 0 atom stereocenters. The van der Waals surface area contributed by atoms with Crippen molar-refractivity contribution < 1.29 is 27.9 Å². The lowest BCUT2D eigenvalue weighted by Crippen LogP contribution is -2.32. The van der Waals surface area contributed by atoms with Crippen LogP contribution < -0.4 is 5.32 Å². The van der Waals surface area contributed by atoms with E-state index >= 15 is 0 Å². The Morgan fingerprint density at radius 2 is 1.90 bits per heavy atom. The van der Waals surface area contributed by atoms with Crippen LogP contribution >= 0.6 is 0 Å². The Balaban J connectivity index is 1.99. The van der Waals surface area contributed by atoms with E-state index in [4.69, 9.17) is 13.9 Å². The number of rotatable bonds is 14. The number of hydrogen-bond donors (Lipinski definition) is 1. The molecule has 0 aliphatic heterocycles. The Morgan fingerprint density at radius 1 is 1.16 bits per heavy atom. The SMILES string of the molecule is CCOCCCNC(=O)c1coc(CN(CCCOCC)C(=O)c2cccc(F)c2)n1. The fraction of sp³-hybridized carbons (Fsp3) is 0.500. The number of oxazole rings is 1. The van der Waals surface area contributed by atoms with E-state index in [0.717, 1.165) is 0 Å². The Kier molecular flexibility index (Phi) is 10.7. The minimum atomic E-state index is -0.487. The van der Waals surface area contributed by atoms with Gasteiger partial charge in [0.2, 0.25) is 5.89 Å². The summed E-state index contributed by atoms with van der Waals surface area (Å²) in [5, 5.41) is 2.75. The second-order valence-corrected chi connectivity index (χ2v) is 6.72. The molecule has 170 valence electrons. The van der Waals surface area contributed by atoms with Crippen molar-refractivity contribution in [2.24, 2.45) is 0 Å².